The first-order valence-electron chi connectivity index (χ1n) is 9.88. The quantitative estimate of drug-likeness (QED) is 0.412. The summed E-state index contributed by atoms with van der Waals surface area (Å²) in [4.78, 5) is 43.0. The number of rotatable bonds is 7. The fraction of sp³-hybridized carbons (Fsp3) is 0.0400. The average Bonchev–Trinajstić information content (AvgIpc) is 3.38. The Morgan fingerprint density at radius 2 is 1.62 bits per heavy atom. The minimum Gasteiger partial charge on any atom is -0.346 e. The third-order valence-electron chi connectivity index (χ3n) is 4.70. The van der Waals surface area contributed by atoms with E-state index in [-0.39, 0.29) is 17.3 Å². The fourth-order valence-electron chi connectivity index (χ4n) is 3.13. The zero-order valence-electron chi connectivity index (χ0n) is 16.9. The third-order valence-corrected chi connectivity index (χ3v) is 5.57. The van der Waals surface area contributed by atoms with Crippen LogP contribution >= 0.6 is 11.3 Å². The Morgan fingerprint density at radius 3 is 2.38 bits per heavy atom. The van der Waals surface area contributed by atoms with E-state index >= 15 is 0 Å². The van der Waals surface area contributed by atoms with Crippen molar-refractivity contribution >= 4 is 34.6 Å². The second kappa shape index (κ2) is 9.80. The van der Waals surface area contributed by atoms with Crippen LogP contribution in [-0.4, -0.2) is 22.6 Å². The van der Waals surface area contributed by atoms with Gasteiger partial charge in [-0.1, -0.05) is 36.4 Å². The molecule has 0 aliphatic heterocycles. The van der Waals surface area contributed by atoms with E-state index in [0.29, 0.717) is 28.2 Å². The molecule has 0 aliphatic rings. The van der Waals surface area contributed by atoms with Gasteiger partial charge in [0.1, 0.15) is 0 Å². The van der Waals surface area contributed by atoms with Gasteiger partial charge in [0.05, 0.1) is 22.7 Å². The number of anilines is 1. The van der Waals surface area contributed by atoms with Crippen LogP contribution < -0.4 is 10.6 Å². The monoisotopic (exact) mass is 441 g/mol. The van der Waals surface area contributed by atoms with Gasteiger partial charge in [-0.2, -0.15) is 0 Å². The number of thiophene rings is 1. The average molecular weight is 442 g/mol. The van der Waals surface area contributed by atoms with Gasteiger partial charge in [-0.25, -0.2) is 0 Å². The van der Waals surface area contributed by atoms with Gasteiger partial charge in [0.2, 0.25) is 5.78 Å². The summed E-state index contributed by atoms with van der Waals surface area (Å²) in [6, 6.07) is 22.3. The predicted molar refractivity (Wildman–Crippen MR) is 124 cm³/mol. The van der Waals surface area contributed by atoms with Gasteiger partial charge in [-0.15, -0.1) is 11.3 Å². The highest BCUT2D eigenvalue weighted by Crippen LogP contribution is 2.20. The van der Waals surface area contributed by atoms with Gasteiger partial charge >= 0.3 is 0 Å². The van der Waals surface area contributed by atoms with E-state index < -0.39 is 5.91 Å². The molecule has 4 aromatic rings. The Kier molecular flexibility index (Phi) is 6.48. The zero-order valence-corrected chi connectivity index (χ0v) is 17.8. The molecule has 4 rings (SSSR count). The van der Waals surface area contributed by atoms with Crippen molar-refractivity contribution < 1.29 is 14.4 Å². The first-order valence-corrected chi connectivity index (χ1v) is 10.8. The number of ketones is 1. The van der Waals surface area contributed by atoms with Crippen molar-refractivity contribution in [3.05, 3.63) is 118 Å². The van der Waals surface area contributed by atoms with Crippen LogP contribution in [0.15, 0.2) is 90.4 Å². The number of benzene rings is 2. The molecule has 2 heterocycles. The molecule has 6 nitrogen and oxygen atoms in total. The number of hydrogen-bond donors (Lipinski definition) is 2. The summed E-state index contributed by atoms with van der Waals surface area (Å²) in [5.74, 6) is -0.898. The van der Waals surface area contributed by atoms with Crippen LogP contribution in [0.1, 0.15) is 41.6 Å². The maximum absolute atomic E-state index is 12.9. The first kappa shape index (κ1) is 21.1. The molecule has 7 heteroatoms. The summed E-state index contributed by atoms with van der Waals surface area (Å²) >= 11 is 1.33. The molecule has 0 saturated carbocycles. The van der Waals surface area contributed by atoms with Crippen LogP contribution in [0.3, 0.4) is 0 Å². The van der Waals surface area contributed by atoms with Crippen LogP contribution in [0.2, 0.25) is 0 Å². The Labute approximate surface area is 189 Å². The second-order valence-corrected chi connectivity index (χ2v) is 7.84. The van der Waals surface area contributed by atoms with Crippen molar-refractivity contribution in [2.24, 2.45) is 0 Å². The maximum Gasteiger partial charge on any atom is 0.256 e. The number of amides is 2. The number of aromatic nitrogens is 1. The maximum atomic E-state index is 12.9. The molecule has 32 heavy (non-hydrogen) atoms. The Balaban J connectivity index is 1.48. The molecule has 2 aromatic carbocycles. The molecule has 0 spiro atoms. The van der Waals surface area contributed by atoms with Gasteiger partial charge in [0.15, 0.2) is 0 Å². The summed E-state index contributed by atoms with van der Waals surface area (Å²) < 4.78 is 0. The standard InChI is InChI=1S/C25H19N3O3S/c29-23(22-12-6-14-32-22)20-10-1-2-11-21(20)25(31)28-18-9-5-7-17(15-18)24(30)27-16-19-8-3-4-13-26-19/h1-15H,16H2,(H,27,30)(H,28,31). The first-order chi connectivity index (χ1) is 15.6. The fourth-order valence-corrected chi connectivity index (χ4v) is 3.81. The lowest BCUT2D eigenvalue weighted by Gasteiger charge is -2.10. The lowest BCUT2D eigenvalue weighted by atomic mass is 10.0. The van der Waals surface area contributed by atoms with Crippen LogP contribution in [0.4, 0.5) is 5.69 Å². The summed E-state index contributed by atoms with van der Waals surface area (Å²) in [7, 11) is 0. The molecule has 0 aliphatic carbocycles. The van der Waals surface area contributed by atoms with E-state index in [1.54, 1.807) is 66.9 Å². The smallest absolute Gasteiger partial charge is 0.256 e. The van der Waals surface area contributed by atoms with Crippen molar-refractivity contribution in [2.45, 2.75) is 6.54 Å². The van der Waals surface area contributed by atoms with Crippen molar-refractivity contribution in [3.63, 3.8) is 0 Å². The largest absolute Gasteiger partial charge is 0.346 e. The summed E-state index contributed by atoms with van der Waals surface area (Å²) in [5.41, 5.74) is 2.21. The number of nitrogens with one attached hydrogen (secondary N) is 2. The normalized spacial score (nSPS) is 10.4. The second-order valence-electron chi connectivity index (χ2n) is 6.89. The molecule has 0 bridgehead atoms. The molecule has 158 valence electrons. The van der Waals surface area contributed by atoms with Crippen molar-refractivity contribution in [1.29, 1.82) is 0 Å². The van der Waals surface area contributed by atoms with Crippen LogP contribution in [0, 0.1) is 0 Å². The van der Waals surface area contributed by atoms with Gasteiger partial charge in [0, 0.05) is 23.0 Å². The van der Waals surface area contributed by atoms with E-state index in [0.717, 1.165) is 5.69 Å². The van der Waals surface area contributed by atoms with Gasteiger partial charge in [-0.05, 0) is 47.8 Å². The topological polar surface area (TPSA) is 88.2 Å². The third kappa shape index (κ3) is 4.96. The van der Waals surface area contributed by atoms with Crippen LogP contribution in [-0.2, 0) is 6.54 Å². The molecular weight excluding hydrogens is 422 g/mol. The molecule has 2 aromatic heterocycles. The zero-order chi connectivity index (χ0) is 22.3. The number of carbonyl (C=O) groups is 3. The summed E-state index contributed by atoms with van der Waals surface area (Å²) in [6.07, 6.45) is 1.67. The highest BCUT2D eigenvalue weighted by Gasteiger charge is 2.19. The number of carbonyl (C=O) groups excluding carboxylic acids is 3. The minimum atomic E-state index is -0.420. The Hall–Kier alpha value is -4.10. The number of hydrogen-bond acceptors (Lipinski definition) is 5. The van der Waals surface area contributed by atoms with Crippen molar-refractivity contribution in [3.8, 4) is 0 Å². The van der Waals surface area contributed by atoms with Crippen LogP contribution in [0.5, 0.6) is 0 Å². The highest BCUT2D eigenvalue weighted by atomic mass is 32.1. The Morgan fingerprint density at radius 1 is 0.812 bits per heavy atom. The molecule has 0 atom stereocenters. The van der Waals surface area contributed by atoms with Gasteiger partial charge in [-0.3, -0.25) is 19.4 Å². The van der Waals surface area contributed by atoms with Crippen LogP contribution in [0.25, 0.3) is 0 Å². The lowest BCUT2D eigenvalue weighted by molar-refractivity contribution is 0.0949. The van der Waals surface area contributed by atoms with E-state index in [2.05, 4.69) is 15.6 Å². The molecule has 2 N–H and O–H groups in total. The highest BCUT2D eigenvalue weighted by molar-refractivity contribution is 7.12. The molecule has 2 amide bonds. The van der Waals surface area contributed by atoms with Crippen molar-refractivity contribution in [1.82, 2.24) is 10.3 Å². The van der Waals surface area contributed by atoms with Crippen molar-refractivity contribution in [2.75, 3.05) is 5.32 Å². The van der Waals surface area contributed by atoms with E-state index in [1.807, 2.05) is 23.6 Å². The summed E-state index contributed by atoms with van der Waals surface area (Å²) in [5, 5.41) is 7.42. The molecule has 0 unspecified atom stereocenters. The van der Waals surface area contributed by atoms with Gasteiger partial charge < -0.3 is 10.6 Å². The summed E-state index contributed by atoms with van der Waals surface area (Å²) in [6.45, 7) is 0.300. The lowest BCUT2D eigenvalue weighted by Crippen LogP contribution is -2.23. The van der Waals surface area contributed by atoms with Gasteiger partial charge in [0.25, 0.3) is 11.8 Å². The molecule has 0 fully saturated rings. The Bertz CT molecular complexity index is 1250. The van der Waals surface area contributed by atoms with E-state index in [4.69, 9.17) is 0 Å². The number of pyridine rings is 1. The SMILES string of the molecule is O=C(NCc1ccccn1)c1cccc(NC(=O)c2ccccc2C(=O)c2cccs2)c1. The molecular formula is C25H19N3O3S. The number of nitrogens with zero attached hydrogens (tertiary/aromatic N) is 1. The minimum absolute atomic E-state index is 0.201. The molecule has 0 saturated heterocycles. The van der Waals surface area contributed by atoms with E-state index in [1.165, 1.54) is 11.3 Å². The molecule has 0 radical (unpaired) electrons. The van der Waals surface area contributed by atoms with E-state index in [9.17, 15) is 14.4 Å². The predicted octanol–water partition coefficient (Wildman–Crippen LogP) is 4.56.